The van der Waals surface area contributed by atoms with Gasteiger partial charge in [0.2, 0.25) is 0 Å². The van der Waals surface area contributed by atoms with Gasteiger partial charge >= 0.3 is 6.03 Å². The second-order valence-corrected chi connectivity index (χ2v) is 5.54. The smallest absolute Gasteiger partial charge is 0.317 e. The van der Waals surface area contributed by atoms with E-state index in [0.29, 0.717) is 19.2 Å². The van der Waals surface area contributed by atoms with Crippen LogP contribution in [0, 0.1) is 0 Å². The van der Waals surface area contributed by atoms with Crippen molar-refractivity contribution in [2.75, 3.05) is 32.8 Å². The van der Waals surface area contributed by atoms with Crippen molar-refractivity contribution in [3.63, 3.8) is 0 Å². The number of fused-ring (bicyclic) bond motifs is 1. The molecule has 114 valence electrons. The molecule has 1 aromatic rings. The molecule has 1 aliphatic carbocycles. The van der Waals surface area contributed by atoms with Gasteiger partial charge in [-0.3, -0.25) is 0 Å². The first kappa shape index (κ1) is 14.2. The fraction of sp³-hybridized carbons (Fsp3) is 0.562. The summed E-state index contributed by atoms with van der Waals surface area (Å²) in [5.74, 6) is 0.979. The molecule has 5 heteroatoms. The maximum absolute atomic E-state index is 11.5. The van der Waals surface area contributed by atoms with Crippen LogP contribution in [0.25, 0.3) is 0 Å². The number of carbonyl (C=O) groups is 1. The molecule has 5 nitrogen and oxygen atoms in total. The second kappa shape index (κ2) is 6.35. The number of carbonyl (C=O) groups excluding carboxylic acids is 1. The van der Waals surface area contributed by atoms with Crippen molar-refractivity contribution in [3.8, 4) is 5.75 Å². The van der Waals surface area contributed by atoms with Crippen LogP contribution in [0.2, 0.25) is 0 Å². The molecule has 1 saturated heterocycles. The number of amides is 2. The lowest BCUT2D eigenvalue weighted by atomic mass is 10.1. The molecule has 1 atom stereocenters. The third-order valence-corrected chi connectivity index (χ3v) is 4.24. The number of ether oxygens (including phenoxy) is 1. The molecular formula is C16H23N3O2. The first-order valence-corrected chi connectivity index (χ1v) is 7.80. The number of urea groups is 1. The summed E-state index contributed by atoms with van der Waals surface area (Å²) in [7, 11) is 0. The summed E-state index contributed by atoms with van der Waals surface area (Å²) in [5, 5.41) is 6.32. The molecule has 0 bridgehead atoms. The molecule has 21 heavy (non-hydrogen) atoms. The van der Waals surface area contributed by atoms with Crippen LogP contribution in [0.4, 0.5) is 4.79 Å². The Hall–Kier alpha value is -1.75. The quantitative estimate of drug-likeness (QED) is 0.838. The van der Waals surface area contributed by atoms with Crippen molar-refractivity contribution in [2.45, 2.75) is 25.8 Å². The van der Waals surface area contributed by atoms with E-state index in [4.69, 9.17) is 4.74 Å². The van der Waals surface area contributed by atoms with Crippen molar-refractivity contribution in [3.05, 3.63) is 29.3 Å². The van der Waals surface area contributed by atoms with Crippen molar-refractivity contribution in [2.24, 2.45) is 0 Å². The van der Waals surface area contributed by atoms with Gasteiger partial charge in [-0.15, -0.1) is 0 Å². The SMILES string of the molecule is CCNC1CCc2c(OCCN3CCNC3=O)cccc21. The summed E-state index contributed by atoms with van der Waals surface area (Å²) < 4.78 is 5.94. The van der Waals surface area contributed by atoms with E-state index < -0.39 is 0 Å². The number of hydrogen-bond acceptors (Lipinski definition) is 3. The lowest BCUT2D eigenvalue weighted by Crippen LogP contribution is -2.31. The lowest BCUT2D eigenvalue weighted by molar-refractivity contribution is 0.202. The summed E-state index contributed by atoms with van der Waals surface area (Å²) in [6, 6.07) is 6.77. The van der Waals surface area contributed by atoms with Crippen LogP contribution in [-0.4, -0.2) is 43.7 Å². The van der Waals surface area contributed by atoms with Crippen LogP contribution >= 0.6 is 0 Å². The predicted molar refractivity (Wildman–Crippen MR) is 81.6 cm³/mol. The minimum atomic E-state index is 0.0177. The average molecular weight is 289 g/mol. The summed E-state index contributed by atoms with van der Waals surface area (Å²) in [4.78, 5) is 13.3. The Morgan fingerprint density at radius 2 is 2.38 bits per heavy atom. The molecule has 1 unspecified atom stereocenters. The third-order valence-electron chi connectivity index (χ3n) is 4.24. The zero-order chi connectivity index (χ0) is 14.7. The number of benzene rings is 1. The van der Waals surface area contributed by atoms with Crippen molar-refractivity contribution < 1.29 is 9.53 Å². The molecule has 0 radical (unpaired) electrons. The Morgan fingerprint density at radius 3 is 3.14 bits per heavy atom. The van der Waals surface area contributed by atoms with Crippen LogP contribution < -0.4 is 15.4 Å². The summed E-state index contributed by atoms with van der Waals surface area (Å²) in [6.07, 6.45) is 2.20. The van der Waals surface area contributed by atoms with Gasteiger partial charge in [0.15, 0.2) is 0 Å². The van der Waals surface area contributed by atoms with Crippen LogP contribution in [0.3, 0.4) is 0 Å². The van der Waals surface area contributed by atoms with Crippen molar-refractivity contribution >= 4 is 6.03 Å². The highest BCUT2D eigenvalue weighted by atomic mass is 16.5. The van der Waals surface area contributed by atoms with Gasteiger partial charge in [-0.05, 0) is 36.6 Å². The fourth-order valence-electron chi connectivity index (χ4n) is 3.20. The van der Waals surface area contributed by atoms with Gasteiger partial charge in [0, 0.05) is 19.1 Å². The zero-order valence-corrected chi connectivity index (χ0v) is 12.5. The number of nitrogens with zero attached hydrogens (tertiary/aromatic N) is 1. The molecule has 1 fully saturated rings. The number of hydrogen-bond donors (Lipinski definition) is 2. The highest BCUT2D eigenvalue weighted by Gasteiger charge is 2.24. The summed E-state index contributed by atoms with van der Waals surface area (Å²) in [5.41, 5.74) is 2.70. The lowest BCUT2D eigenvalue weighted by Gasteiger charge is -2.17. The van der Waals surface area contributed by atoms with Crippen LogP contribution in [0.15, 0.2) is 18.2 Å². The Kier molecular flexibility index (Phi) is 4.29. The Balaban J connectivity index is 1.60. The fourth-order valence-corrected chi connectivity index (χ4v) is 3.20. The standard InChI is InChI=1S/C16H23N3O2/c1-2-17-14-7-6-13-12(14)4-3-5-15(13)21-11-10-19-9-8-18-16(19)20/h3-5,14,17H,2,6-11H2,1H3,(H,18,20). The summed E-state index contributed by atoms with van der Waals surface area (Å²) in [6.45, 7) is 5.84. The topological polar surface area (TPSA) is 53.6 Å². The van der Waals surface area contributed by atoms with E-state index >= 15 is 0 Å². The molecule has 2 aliphatic rings. The molecule has 3 rings (SSSR count). The van der Waals surface area contributed by atoms with Crippen molar-refractivity contribution in [1.82, 2.24) is 15.5 Å². The third kappa shape index (κ3) is 2.97. The van der Waals surface area contributed by atoms with E-state index in [2.05, 4.69) is 29.7 Å². The molecule has 0 spiro atoms. The molecule has 1 heterocycles. The van der Waals surface area contributed by atoms with Gasteiger partial charge in [0.1, 0.15) is 12.4 Å². The molecule has 1 aliphatic heterocycles. The van der Waals surface area contributed by atoms with E-state index in [0.717, 1.165) is 38.2 Å². The van der Waals surface area contributed by atoms with E-state index in [1.165, 1.54) is 11.1 Å². The van der Waals surface area contributed by atoms with E-state index in [1.54, 1.807) is 4.90 Å². The van der Waals surface area contributed by atoms with Crippen molar-refractivity contribution in [1.29, 1.82) is 0 Å². The maximum Gasteiger partial charge on any atom is 0.317 e. The molecule has 2 N–H and O–H groups in total. The van der Waals surface area contributed by atoms with Crippen LogP contribution in [-0.2, 0) is 6.42 Å². The minimum absolute atomic E-state index is 0.0177. The molecule has 1 aromatic carbocycles. The van der Waals surface area contributed by atoms with Crippen LogP contribution in [0.1, 0.15) is 30.5 Å². The highest BCUT2D eigenvalue weighted by molar-refractivity contribution is 5.76. The minimum Gasteiger partial charge on any atom is -0.491 e. The highest BCUT2D eigenvalue weighted by Crippen LogP contribution is 2.36. The second-order valence-electron chi connectivity index (χ2n) is 5.54. The Bertz CT molecular complexity index is 518. The molecule has 2 amide bonds. The van der Waals surface area contributed by atoms with E-state index in [-0.39, 0.29) is 6.03 Å². The van der Waals surface area contributed by atoms with Gasteiger partial charge in [-0.2, -0.15) is 0 Å². The zero-order valence-electron chi connectivity index (χ0n) is 12.5. The van der Waals surface area contributed by atoms with Gasteiger partial charge in [0.05, 0.1) is 6.54 Å². The predicted octanol–water partition coefficient (Wildman–Crippen LogP) is 1.69. The summed E-state index contributed by atoms with van der Waals surface area (Å²) >= 11 is 0. The normalized spacial score (nSPS) is 20.5. The Morgan fingerprint density at radius 1 is 1.48 bits per heavy atom. The monoisotopic (exact) mass is 289 g/mol. The van der Waals surface area contributed by atoms with Crippen LogP contribution in [0.5, 0.6) is 5.75 Å². The van der Waals surface area contributed by atoms with E-state index in [1.807, 2.05) is 6.07 Å². The van der Waals surface area contributed by atoms with Gasteiger partial charge in [-0.1, -0.05) is 19.1 Å². The first-order valence-electron chi connectivity index (χ1n) is 7.80. The first-order chi connectivity index (χ1) is 10.3. The molecule has 0 saturated carbocycles. The molecule has 0 aromatic heterocycles. The van der Waals surface area contributed by atoms with Gasteiger partial charge < -0.3 is 20.3 Å². The van der Waals surface area contributed by atoms with E-state index in [9.17, 15) is 4.79 Å². The maximum atomic E-state index is 11.5. The van der Waals surface area contributed by atoms with Gasteiger partial charge in [-0.25, -0.2) is 4.79 Å². The Labute approximate surface area is 125 Å². The number of rotatable bonds is 6. The number of nitrogens with one attached hydrogen (secondary N) is 2. The largest absolute Gasteiger partial charge is 0.491 e. The van der Waals surface area contributed by atoms with Gasteiger partial charge in [0.25, 0.3) is 0 Å². The molecular weight excluding hydrogens is 266 g/mol. The average Bonchev–Trinajstić information content (AvgIpc) is 3.08.